The van der Waals surface area contributed by atoms with Gasteiger partial charge < -0.3 is 24.8 Å². The Hall–Kier alpha value is -1.18. The van der Waals surface area contributed by atoms with Crippen molar-refractivity contribution in [2.24, 2.45) is 40.4 Å². The Morgan fingerprint density at radius 2 is 1.45 bits per heavy atom. The van der Waals surface area contributed by atoms with Gasteiger partial charge in [-0.3, -0.25) is 0 Å². The van der Waals surface area contributed by atoms with Gasteiger partial charge >= 0.3 is 26.2 Å². The van der Waals surface area contributed by atoms with E-state index in [4.69, 9.17) is 0 Å². The number of fused-ring (bicyclic) bond motifs is 7. The molecule has 7 unspecified atom stereocenters. The summed E-state index contributed by atoms with van der Waals surface area (Å²) in [6.07, 6.45) is 6.12. The Morgan fingerprint density at radius 1 is 0.841 bits per heavy atom. The van der Waals surface area contributed by atoms with E-state index in [1.54, 1.807) is 28.2 Å². The zero-order valence-corrected chi connectivity index (χ0v) is 33.3. The third-order valence-electron chi connectivity index (χ3n) is 12.1. The quantitative estimate of drug-likeness (QED) is 0.226. The van der Waals surface area contributed by atoms with Crippen LogP contribution in [0.4, 0.5) is 0 Å². The van der Waals surface area contributed by atoms with Gasteiger partial charge in [0, 0.05) is 14.9 Å². The first kappa shape index (κ1) is 39.0. The van der Waals surface area contributed by atoms with Crippen LogP contribution in [0.25, 0.3) is 16.3 Å². The minimum Gasteiger partial charge on any atom is -1.00 e. The van der Waals surface area contributed by atoms with E-state index in [1.165, 1.54) is 21.9 Å². The van der Waals surface area contributed by atoms with E-state index in [-0.39, 0.29) is 61.8 Å². The molecule has 0 aromatic heterocycles. The van der Waals surface area contributed by atoms with Crippen LogP contribution in [-0.4, -0.2) is 9.52 Å². The summed E-state index contributed by atoms with van der Waals surface area (Å²) in [6.45, 7) is 24.5. The third-order valence-corrected chi connectivity index (χ3v) is 12.1. The Labute approximate surface area is 302 Å². The van der Waals surface area contributed by atoms with E-state index in [9.17, 15) is 0 Å². The van der Waals surface area contributed by atoms with Crippen LogP contribution in [0.15, 0.2) is 95.6 Å². The van der Waals surface area contributed by atoms with Gasteiger partial charge in [-0.25, -0.2) is 5.92 Å². The molecule has 4 aliphatic carbocycles. The average Bonchev–Trinajstić information content (AvgIpc) is 3.60. The van der Waals surface area contributed by atoms with Crippen LogP contribution < -0.4 is 24.8 Å². The van der Waals surface area contributed by atoms with Crippen molar-refractivity contribution in [3.63, 3.8) is 0 Å². The molecule has 0 saturated heterocycles. The smallest absolute Gasteiger partial charge is 1.00 e. The van der Waals surface area contributed by atoms with Crippen LogP contribution in [0.1, 0.15) is 66.5 Å². The number of benzene rings is 2. The molecule has 0 spiro atoms. The summed E-state index contributed by atoms with van der Waals surface area (Å²) in [4.78, 5) is 0. The normalized spacial score (nSPS) is 31.0. The molecule has 2 radical (unpaired) electrons. The van der Waals surface area contributed by atoms with Gasteiger partial charge in [0.25, 0.3) is 0 Å². The summed E-state index contributed by atoms with van der Waals surface area (Å²) in [7, 11) is 1.08. The first-order valence-corrected chi connectivity index (χ1v) is 17.8. The minimum atomic E-state index is 0. The van der Waals surface area contributed by atoms with Gasteiger partial charge in [0.1, 0.15) is 0 Å². The van der Waals surface area contributed by atoms with E-state index < -0.39 is 0 Å². The number of hydrogen-bond acceptors (Lipinski definition) is 0. The fourth-order valence-electron chi connectivity index (χ4n) is 8.91. The first-order valence-electron chi connectivity index (χ1n) is 15.8. The van der Waals surface area contributed by atoms with Gasteiger partial charge in [0.15, 0.2) is 0 Å². The molecule has 0 N–H and O–H groups in total. The van der Waals surface area contributed by atoms with E-state index in [0.717, 1.165) is 15.9 Å². The molecule has 1 saturated carbocycles. The van der Waals surface area contributed by atoms with Crippen LogP contribution in [0.2, 0.25) is 13.1 Å². The van der Waals surface area contributed by atoms with Gasteiger partial charge in [-0.05, 0) is 34.7 Å². The average molecular weight is 721 g/mol. The molecule has 3 aromatic rings. The van der Waals surface area contributed by atoms with Gasteiger partial charge in [-0.2, -0.15) is 28.7 Å². The summed E-state index contributed by atoms with van der Waals surface area (Å²) < 4.78 is 0. The van der Waals surface area contributed by atoms with Crippen LogP contribution in [0.3, 0.4) is 0 Å². The largest absolute Gasteiger partial charge is 4.00 e. The summed E-state index contributed by atoms with van der Waals surface area (Å²) in [5.74, 6) is 4.93. The monoisotopic (exact) mass is 718 g/mol. The SMILES string of the molecule is C[C-]1C2=C3Cc4ccccc4C3=C3C=CC(C)C(C)C3(C)C2(C)C(C)C(C)C1C.C[Si]C.[Cl-].[Cl-].[Zr+4].c1ccc2[cH-]ccc2c1. The van der Waals surface area contributed by atoms with Crippen LogP contribution in [-0.2, 0) is 32.6 Å². The Balaban J connectivity index is 0.000000380. The molecular weight excluding hydrogens is 671 g/mol. The van der Waals surface area contributed by atoms with E-state index in [1.807, 2.05) is 0 Å². The van der Waals surface area contributed by atoms with Crippen LogP contribution in [0.5, 0.6) is 0 Å². The number of allylic oxidation sites excluding steroid dienone is 6. The zero-order valence-electron chi connectivity index (χ0n) is 28.4. The van der Waals surface area contributed by atoms with E-state index in [0.29, 0.717) is 29.6 Å². The van der Waals surface area contributed by atoms with Crippen molar-refractivity contribution in [1.82, 2.24) is 0 Å². The first-order chi connectivity index (χ1) is 19.5. The van der Waals surface area contributed by atoms with Gasteiger partial charge in [0.2, 0.25) is 0 Å². The van der Waals surface area contributed by atoms with Crippen LogP contribution >= 0.6 is 0 Å². The molecule has 232 valence electrons. The summed E-state index contributed by atoms with van der Waals surface area (Å²) >= 11 is 0. The van der Waals surface area contributed by atoms with Crippen molar-refractivity contribution in [2.75, 3.05) is 0 Å². The second-order valence-electron chi connectivity index (χ2n) is 13.7. The molecule has 7 atom stereocenters. The second-order valence-corrected chi connectivity index (χ2v) is 14.7. The Bertz CT molecular complexity index is 1480. The van der Waals surface area contributed by atoms with Crippen molar-refractivity contribution in [1.29, 1.82) is 0 Å². The third kappa shape index (κ3) is 5.89. The standard InChI is InChI=1S/C29H37.C9H7.C2H6Si.2ClH.Zr/c1-16-13-14-25-26-23-12-10-9-11-22(23)15-24(26)27-19(4)17(2)18(3)21(6)29(27,8)28(25,7)20(16)5;1-2-5-9-7-3-6-8(9)4-1;1-3-2;;;/h9-14,16-18,20-21H,15H2,1-8H3;1-7H;1-2H3;2*1H;/q2*-1;;;;+4/p-2. The molecule has 4 heteroatoms. The fourth-order valence-corrected chi connectivity index (χ4v) is 8.91. The van der Waals surface area contributed by atoms with Crippen molar-refractivity contribution < 1.29 is 51.0 Å². The Kier molecular flexibility index (Phi) is 13.4. The summed E-state index contributed by atoms with van der Waals surface area (Å²) in [5, 5.41) is 2.66. The maximum Gasteiger partial charge on any atom is 4.00 e. The van der Waals surface area contributed by atoms with Gasteiger partial charge in [-0.1, -0.05) is 133 Å². The van der Waals surface area contributed by atoms with Crippen molar-refractivity contribution in [2.45, 2.75) is 74.9 Å². The maximum absolute atomic E-state index is 2.63. The number of halogens is 2. The second kappa shape index (κ2) is 15.2. The molecule has 0 nitrogen and oxygen atoms in total. The molecule has 1 fully saturated rings. The molecule has 3 aromatic carbocycles. The Morgan fingerprint density at radius 3 is 2.11 bits per heavy atom. The molecular formula is C40H50Cl2SiZr. The van der Waals surface area contributed by atoms with Crippen molar-refractivity contribution in [3.05, 3.63) is 113 Å². The van der Waals surface area contributed by atoms with Gasteiger partial charge in [-0.15, -0.1) is 36.6 Å². The van der Waals surface area contributed by atoms with Crippen LogP contribution in [0, 0.1) is 46.3 Å². The molecule has 44 heavy (non-hydrogen) atoms. The molecule has 0 aliphatic heterocycles. The minimum absolute atomic E-state index is 0. The molecule has 0 amide bonds. The molecule has 0 heterocycles. The predicted molar refractivity (Wildman–Crippen MR) is 181 cm³/mol. The topological polar surface area (TPSA) is 0 Å². The molecule has 4 aliphatic rings. The maximum atomic E-state index is 2.63. The van der Waals surface area contributed by atoms with Gasteiger partial charge in [0.05, 0.1) is 0 Å². The number of rotatable bonds is 0. The summed E-state index contributed by atoms with van der Waals surface area (Å²) in [6, 6.07) is 23.9. The predicted octanol–water partition coefficient (Wildman–Crippen LogP) is 5.03. The fraction of sp³-hybridized carbons (Fsp3) is 0.450. The van der Waals surface area contributed by atoms with Crippen molar-refractivity contribution >= 4 is 25.9 Å². The zero-order chi connectivity index (χ0) is 29.7. The molecule has 0 bridgehead atoms. The number of hydrogen-bond donors (Lipinski definition) is 0. The van der Waals surface area contributed by atoms with E-state index >= 15 is 0 Å². The van der Waals surface area contributed by atoms with E-state index in [2.05, 4.69) is 147 Å². The summed E-state index contributed by atoms with van der Waals surface area (Å²) in [5.41, 5.74) is 9.93. The molecule has 7 rings (SSSR count). The van der Waals surface area contributed by atoms with Crippen molar-refractivity contribution in [3.8, 4) is 0 Å².